The maximum atomic E-state index is 12.6. The lowest BCUT2D eigenvalue weighted by molar-refractivity contribution is -0.131. The summed E-state index contributed by atoms with van der Waals surface area (Å²) in [6, 6.07) is 9.16. The molecule has 0 spiro atoms. The van der Waals surface area contributed by atoms with Crippen molar-refractivity contribution in [2.45, 2.75) is 50.6 Å². The molecule has 3 rings (SSSR count). The van der Waals surface area contributed by atoms with Crippen LogP contribution in [0.25, 0.3) is 0 Å². The number of rotatable bonds is 4. The fourth-order valence-electron chi connectivity index (χ4n) is 3.63. The van der Waals surface area contributed by atoms with Gasteiger partial charge in [-0.2, -0.15) is 0 Å². The number of carbonyl (C=O) groups excluding carboxylic acids is 1. The average Bonchev–Trinajstić information content (AvgIpc) is 2.86. The Morgan fingerprint density at radius 2 is 2.13 bits per heavy atom. The molecule has 0 saturated carbocycles. The standard InChI is InChI=1S/C18H26N2O2.ClH/c1-13(14-4-3-5-17(11-14)22-2)10-18(21)20-9-8-15-6-7-16(12-20)19-15;/h3-5,11,13,15-16,19H,6-10,12H2,1-2H3;1H. The second kappa shape index (κ2) is 8.02. The van der Waals surface area contributed by atoms with E-state index >= 15 is 0 Å². The second-order valence-corrected chi connectivity index (χ2v) is 6.65. The molecule has 2 fully saturated rings. The van der Waals surface area contributed by atoms with E-state index in [0.717, 1.165) is 25.3 Å². The van der Waals surface area contributed by atoms with Gasteiger partial charge in [-0.15, -0.1) is 12.4 Å². The van der Waals surface area contributed by atoms with Crippen molar-refractivity contribution in [1.82, 2.24) is 10.2 Å². The molecule has 2 bridgehead atoms. The predicted octanol–water partition coefficient (Wildman–Crippen LogP) is 2.96. The van der Waals surface area contributed by atoms with Gasteiger partial charge in [-0.25, -0.2) is 0 Å². The summed E-state index contributed by atoms with van der Waals surface area (Å²) in [5.74, 6) is 1.36. The van der Waals surface area contributed by atoms with Crippen molar-refractivity contribution in [3.05, 3.63) is 29.8 Å². The summed E-state index contributed by atoms with van der Waals surface area (Å²) in [5.41, 5.74) is 1.17. The molecule has 1 aromatic carbocycles. The van der Waals surface area contributed by atoms with Gasteiger partial charge in [0.05, 0.1) is 7.11 Å². The van der Waals surface area contributed by atoms with Crippen LogP contribution < -0.4 is 10.1 Å². The Kier molecular flexibility index (Phi) is 6.31. The molecule has 1 aromatic rings. The summed E-state index contributed by atoms with van der Waals surface area (Å²) in [6.07, 6.45) is 4.15. The highest BCUT2D eigenvalue weighted by molar-refractivity contribution is 5.85. The number of hydrogen-bond acceptors (Lipinski definition) is 3. The highest BCUT2D eigenvalue weighted by atomic mass is 35.5. The zero-order chi connectivity index (χ0) is 15.5. The Balaban J connectivity index is 0.00000192. The number of fused-ring (bicyclic) bond motifs is 2. The zero-order valence-electron chi connectivity index (χ0n) is 14.0. The highest BCUT2D eigenvalue weighted by Gasteiger charge is 2.31. The molecular formula is C18H27ClN2O2. The predicted molar refractivity (Wildman–Crippen MR) is 94.4 cm³/mol. The Morgan fingerprint density at radius 1 is 1.35 bits per heavy atom. The largest absolute Gasteiger partial charge is 0.497 e. The first-order valence-electron chi connectivity index (χ1n) is 8.33. The number of methoxy groups -OCH3 is 1. The quantitative estimate of drug-likeness (QED) is 0.917. The topological polar surface area (TPSA) is 41.6 Å². The van der Waals surface area contributed by atoms with E-state index in [4.69, 9.17) is 4.74 Å². The maximum Gasteiger partial charge on any atom is 0.223 e. The number of likely N-dealkylation sites (tertiary alicyclic amines) is 1. The van der Waals surface area contributed by atoms with Crippen LogP contribution >= 0.6 is 12.4 Å². The zero-order valence-corrected chi connectivity index (χ0v) is 14.8. The molecular weight excluding hydrogens is 312 g/mol. The molecule has 128 valence electrons. The number of nitrogens with one attached hydrogen (secondary N) is 1. The lowest BCUT2D eigenvalue weighted by atomic mass is 9.96. The van der Waals surface area contributed by atoms with Crippen molar-refractivity contribution in [3.8, 4) is 5.75 Å². The lowest BCUT2D eigenvalue weighted by Gasteiger charge is -2.26. The van der Waals surface area contributed by atoms with Crippen molar-refractivity contribution >= 4 is 18.3 Å². The van der Waals surface area contributed by atoms with Crippen LogP contribution in [0.5, 0.6) is 5.75 Å². The van der Waals surface area contributed by atoms with Crippen LogP contribution in [0, 0.1) is 0 Å². The van der Waals surface area contributed by atoms with E-state index in [9.17, 15) is 4.79 Å². The van der Waals surface area contributed by atoms with E-state index in [1.807, 2.05) is 18.2 Å². The first-order valence-corrected chi connectivity index (χ1v) is 8.33. The van der Waals surface area contributed by atoms with E-state index in [1.54, 1.807) is 7.11 Å². The van der Waals surface area contributed by atoms with Crippen LogP contribution in [0.3, 0.4) is 0 Å². The normalized spacial score (nSPS) is 24.5. The first kappa shape index (κ1) is 18.1. The van der Waals surface area contributed by atoms with Crippen LogP contribution in [0.1, 0.15) is 44.1 Å². The van der Waals surface area contributed by atoms with Gasteiger partial charge in [0.15, 0.2) is 0 Å². The fourth-order valence-corrected chi connectivity index (χ4v) is 3.63. The third-order valence-electron chi connectivity index (χ3n) is 5.02. The number of halogens is 1. The second-order valence-electron chi connectivity index (χ2n) is 6.65. The summed E-state index contributed by atoms with van der Waals surface area (Å²) in [5, 5.41) is 3.63. The van der Waals surface area contributed by atoms with E-state index in [0.29, 0.717) is 18.5 Å². The number of nitrogens with zero attached hydrogens (tertiary/aromatic N) is 1. The molecule has 3 unspecified atom stereocenters. The van der Waals surface area contributed by atoms with Gasteiger partial charge in [-0.1, -0.05) is 19.1 Å². The Labute approximate surface area is 145 Å². The van der Waals surface area contributed by atoms with Crippen molar-refractivity contribution in [2.24, 2.45) is 0 Å². The fraction of sp³-hybridized carbons (Fsp3) is 0.611. The maximum absolute atomic E-state index is 12.6. The van der Waals surface area contributed by atoms with Crippen LogP contribution in [-0.2, 0) is 4.79 Å². The smallest absolute Gasteiger partial charge is 0.223 e. The minimum absolute atomic E-state index is 0. The third kappa shape index (κ3) is 4.39. The molecule has 2 heterocycles. The summed E-state index contributed by atoms with van der Waals surface area (Å²) in [4.78, 5) is 14.7. The molecule has 2 aliphatic heterocycles. The summed E-state index contributed by atoms with van der Waals surface area (Å²) in [7, 11) is 1.67. The number of amides is 1. The number of ether oxygens (including phenoxy) is 1. The Hall–Kier alpha value is -1.26. The number of benzene rings is 1. The van der Waals surface area contributed by atoms with Gasteiger partial charge in [0.1, 0.15) is 5.75 Å². The molecule has 0 aliphatic carbocycles. The van der Waals surface area contributed by atoms with Crippen LogP contribution in [0.4, 0.5) is 0 Å². The van der Waals surface area contributed by atoms with Crippen LogP contribution in [-0.4, -0.2) is 43.1 Å². The molecule has 2 aliphatic rings. The van der Waals surface area contributed by atoms with Gasteiger partial charge >= 0.3 is 0 Å². The molecule has 2 saturated heterocycles. The van der Waals surface area contributed by atoms with Crippen molar-refractivity contribution < 1.29 is 9.53 Å². The van der Waals surface area contributed by atoms with Crippen molar-refractivity contribution in [2.75, 3.05) is 20.2 Å². The molecule has 3 atom stereocenters. The first-order chi connectivity index (χ1) is 10.7. The van der Waals surface area contributed by atoms with Gasteiger partial charge in [-0.3, -0.25) is 4.79 Å². The molecule has 23 heavy (non-hydrogen) atoms. The van der Waals surface area contributed by atoms with Gasteiger partial charge in [0.25, 0.3) is 0 Å². The Bertz CT molecular complexity index is 538. The van der Waals surface area contributed by atoms with E-state index in [1.165, 1.54) is 18.4 Å². The highest BCUT2D eigenvalue weighted by Crippen LogP contribution is 2.26. The van der Waals surface area contributed by atoms with Crippen LogP contribution in [0.15, 0.2) is 24.3 Å². The minimum Gasteiger partial charge on any atom is -0.497 e. The van der Waals surface area contributed by atoms with Crippen molar-refractivity contribution in [3.63, 3.8) is 0 Å². The van der Waals surface area contributed by atoms with Gasteiger partial charge < -0.3 is 15.0 Å². The summed E-state index contributed by atoms with van der Waals surface area (Å²) < 4.78 is 5.27. The lowest BCUT2D eigenvalue weighted by Crippen LogP contribution is -2.39. The van der Waals surface area contributed by atoms with E-state index < -0.39 is 0 Å². The summed E-state index contributed by atoms with van der Waals surface area (Å²) >= 11 is 0. The van der Waals surface area contributed by atoms with Gasteiger partial charge in [-0.05, 0) is 42.9 Å². The van der Waals surface area contributed by atoms with Crippen molar-refractivity contribution in [1.29, 1.82) is 0 Å². The van der Waals surface area contributed by atoms with Crippen LogP contribution in [0.2, 0.25) is 0 Å². The van der Waals surface area contributed by atoms with Gasteiger partial charge in [0, 0.05) is 31.6 Å². The molecule has 0 aromatic heterocycles. The average molecular weight is 339 g/mol. The molecule has 5 heteroatoms. The van der Waals surface area contributed by atoms with Gasteiger partial charge in [0.2, 0.25) is 5.91 Å². The molecule has 4 nitrogen and oxygen atoms in total. The third-order valence-corrected chi connectivity index (χ3v) is 5.02. The monoisotopic (exact) mass is 338 g/mol. The van der Waals surface area contributed by atoms with E-state index in [2.05, 4.69) is 23.2 Å². The van der Waals surface area contributed by atoms with E-state index in [-0.39, 0.29) is 24.2 Å². The minimum atomic E-state index is 0. The Morgan fingerprint density at radius 3 is 2.91 bits per heavy atom. The summed E-state index contributed by atoms with van der Waals surface area (Å²) in [6.45, 7) is 3.90. The number of hydrogen-bond donors (Lipinski definition) is 1. The molecule has 1 N–H and O–H groups in total. The number of carbonyl (C=O) groups is 1. The molecule has 0 radical (unpaired) electrons. The molecule has 1 amide bonds. The SMILES string of the molecule is COc1cccc(C(C)CC(=O)N2CCC3CCC(C2)N3)c1.Cl.